The number of thiophene rings is 1. The van der Waals surface area contributed by atoms with Crippen LogP contribution in [-0.2, 0) is 14.8 Å². The summed E-state index contributed by atoms with van der Waals surface area (Å²) in [7, 11) is -3.81. The molecule has 0 bridgehead atoms. The van der Waals surface area contributed by atoms with Gasteiger partial charge in [0.25, 0.3) is 5.91 Å². The number of sulfonamides is 1. The standard InChI is InChI=1S/C14H17F3N2O4S2/c15-14(16,17)11-9-18(6-7-23-11)13(20)12-10(3-8-24-12)25(21,22)19-4-1-2-5-19/h3,8,11H,1-2,4-7,9H2/t11-/m0/s1. The maximum atomic E-state index is 12.8. The molecule has 1 atom stereocenters. The second-order valence-electron chi connectivity index (χ2n) is 5.88. The van der Waals surface area contributed by atoms with Crippen LogP contribution in [0.3, 0.4) is 0 Å². The molecule has 2 saturated heterocycles. The van der Waals surface area contributed by atoms with Gasteiger partial charge in [0.15, 0.2) is 6.10 Å². The number of nitrogens with zero attached hydrogens (tertiary/aromatic N) is 2. The Labute approximate surface area is 147 Å². The SMILES string of the molecule is O=C(c1sccc1S(=O)(=O)N1CCCC1)N1CCO[C@H](C(F)(F)F)C1. The van der Waals surface area contributed by atoms with Crippen molar-refractivity contribution in [3.63, 3.8) is 0 Å². The molecule has 11 heteroatoms. The van der Waals surface area contributed by atoms with Gasteiger partial charge in [-0.15, -0.1) is 11.3 Å². The zero-order valence-electron chi connectivity index (χ0n) is 13.2. The molecule has 3 rings (SSSR count). The summed E-state index contributed by atoms with van der Waals surface area (Å²) in [6.45, 7) is -0.107. The molecule has 2 aliphatic heterocycles. The average molecular weight is 398 g/mol. The monoisotopic (exact) mass is 398 g/mol. The van der Waals surface area contributed by atoms with Crippen molar-refractivity contribution in [1.29, 1.82) is 0 Å². The lowest BCUT2D eigenvalue weighted by atomic mass is 10.2. The highest BCUT2D eigenvalue weighted by Gasteiger charge is 2.45. The van der Waals surface area contributed by atoms with Crippen molar-refractivity contribution in [2.24, 2.45) is 0 Å². The van der Waals surface area contributed by atoms with Crippen LogP contribution < -0.4 is 0 Å². The molecule has 0 radical (unpaired) electrons. The highest BCUT2D eigenvalue weighted by Crippen LogP contribution is 2.31. The third-order valence-corrected chi connectivity index (χ3v) is 7.20. The molecule has 0 aliphatic carbocycles. The number of morpholine rings is 1. The molecule has 140 valence electrons. The van der Waals surface area contributed by atoms with E-state index in [1.165, 1.54) is 15.8 Å². The maximum Gasteiger partial charge on any atom is 0.416 e. The number of rotatable bonds is 3. The van der Waals surface area contributed by atoms with E-state index < -0.39 is 34.8 Å². The molecule has 3 heterocycles. The van der Waals surface area contributed by atoms with E-state index in [2.05, 4.69) is 4.74 Å². The molecule has 0 unspecified atom stereocenters. The first-order valence-corrected chi connectivity index (χ1v) is 10.1. The summed E-state index contributed by atoms with van der Waals surface area (Å²) in [6, 6.07) is 1.34. The lowest BCUT2D eigenvalue weighted by Gasteiger charge is -2.33. The van der Waals surface area contributed by atoms with Crippen LogP contribution in [0.5, 0.6) is 0 Å². The first-order chi connectivity index (χ1) is 11.7. The lowest BCUT2D eigenvalue weighted by Crippen LogP contribution is -2.51. The smallest absolute Gasteiger partial charge is 0.365 e. The molecule has 1 amide bonds. The Balaban J connectivity index is 1.83. The number of hydrogen-bond donors (Lipinski definition) is 0. The van der Waals surface area contributed by atoms with Crippen LogP contribution in [0.1, 0.15) is 22.5 Å². The molecule has 25 heavy (non-hydrogen) atoms. The number of halogens is 3. The summed E-state index contributed by atoms with van der Waals surface area (Å²) >= 11 is 0.927. The molecule has 2 fully saturated rings. The molecule has 1 aromatic heterocycles. The summed E-state index contributed by atoms with van der Waals surface area (Å²) in [5, 5.41) is 1.47. The Morgan fingerprint density at radius 2 is 1.92 bits per heavy atom. The van der Waals surface area contributed by atoms with Crippen LogP contribution in [0.4, 0.5) is 13.2 Å². The van der Waals surface area contributed by atoms with Crippen molar-refractivity contribution in [2.75, 3.05) is 32.8 Å². The molecule has 0 spiro atoms. The van der Waals surface area contributed by atoms with Crippen LogP contribution in [-0.4, -0.2) is 68.6 Å². The molecule has 0 N–H and O–H groups in total. The predicted octanol–water partition coefficient (Wildman–Crippen LogP) is 1.94. The Morgan fingerprint density at radius 3 is 2.56 bits per heavy atom. The zero-order chi connectivity index (χ0) is 18.2. The number of carbonyl (C=O) groups is 1. The van der Waals surface area contributed by atoms with E-state index in [0.717, 1.165) is 29.1 Å². The molecule has 0 aromatic carbocycles. The van der Waals surface area contributed by atoms with E-state index in [9.17, 15) is 26.4 Å². The first kappa shape index (κ1) is 18.6. The third-order valence-electron chi connectivity index (χ3n) is 4.22. The van der Waals surface area contributed by atoms with Crippen molar-refractivity contribution in [3.8, 4) is 0 Å². The summed E-state index contributed by atoms with van der Waals surface area (Å²) < 4.78 is 69.8. The van der Waals surface area contributed by atoms with Gasteiger partial charge in [-0.3, -0.25) is 4.79 Å². The van der Waals surface area contributed by atoms with Gasteiger partial charge in [-0.1, -0.05) is 0 Å². The number of carbonyl (C=O) groups excluding carboxylic acids is 1. The Hall–Kier alpha value is -1.17. The fraction of sp³-hybridized carbons (Fsp3) is 0.643. The number of hydrogen-bond acceptors (Lipinski definition) is 5. The van der Waals surface area contributed by atoms with E-state index in [1.807, 2.05) is 0 Å². The van der Waals surface area contributed by atoms with Gasteiger partial charge in [-0.2, -0.15) is 17.5 Å². The van der Waals surface area contributed by atoms with Gasteiger partial charge in [0.1, 0.15) is 9.77 Å². The Morgan fingerprint density at radius 1 is 1.24 bits per heavy atom. The second-order valence-corrected chi connectivity index (χ2v) is 8.70. The fourth-order valence-corrected chi connectivity index (χ4v) is 5.78. The number of alkyl halides is 3. The van der Waals surface area contributed by atoms with Crippen molar-refractivity contribution in [1.82, 2.24) is 9.21 Å². The minimum Gasteiger partial charge on any atom is -0.365 e. The molecular formula is C14H17F3N2O4S2. The minimum absolute atomic E-state index is 0.00743. The highest BCUT2D eigenvalue weighted by molar-refractivity contribution is 7.89. The molecule has 0 saturated carbocycles. The number of ether oxygens (including phenoxy) is 1. The van der Waals surface area contributed by atoms with Gasteiger partial charge in [-0.05, 0) is 24.3 Å². The maximum absolute atomic E-state index is 12.8. The topological polar surface area (TPSA) is 66.9 Å². The van der Waals surface area contributed by atoms with Gasteiger partial charge in [0, 0.05) is 19.6 Å². The van der Waals surface area contributed by atoms with Gasteiger partial charge in [-0.25, -0.2) is 8.42 Å². The zero-order valence-corrected chi connectivity index (χ0v) is 14.8. The van der Waals surface area contributed by atoms with E-state index in [0.29, 0.717) is 13.1 Å². The predicted molar refractivity (Wildman–Crippen MR) is 84.0 cm³/mol. The fourth-order valence-electron chi connectivity index (χ4n) is 2.90. The van der Waals surface area contributed by atoms with Crippen molar-refractivity contribution >= 4 is 27.3 Å². The average Bonchev–Trinajstić information content (AvgIpc) is 3.25. The van der Waals surface area contributed by atoms with Crippen molar-refractivity contribution in [3.05, 3.63) is 16.3 Å². The van der Waals surface area contributed by atoms with Gasteiger partial charge in [0.2, 0.25) is 10.0 Å². The quantitative estimate of drug-likeness (QED) is 0.781. The van der Waals surface area contributed by atoms with Gasteiger partial charge >= 0.3 is 6.18 Å². The van der Waals surface area contributed by atoms with Crippen LogP contribution in [0.2, 0.25) is 0 Å². The van der Waals surface area contributed by atoms with Crippen molar-refractivity contribution < 1.29 is 31.1 Å². The summed E-state index contributed by atoms with van der Waals surface area (Å²) in [6.07, 6.45) is -5.12. The van der Waals surface area contributed by atoms with Crippen LogP contribution in [0, 0.1) is 0 Å². The van der Waals surface area contributed by atoms with E-state index in [-0.39, 0.29) is 22.9 Å². The summed E-state index contributed by atoms with van der Waals surface area (Å²) in [5.74, 6) is -0.703. The largest absolute Gasteiger partial charge is 0.416 e. The minimum atomic E-state index is -4.57. The van der Waals surface area contributed by atoms with Crippen LogP contribution in [0.15, 0.2) is 16.3 Å². The second kappa shape index (κ2) is 6.86. The lowest BCUT2D eigenvalue weighted by molar-refractivity contribution is -0.233. The summed E-state index contributed by atoms with van der Waals surface area (Å²) in [4.78, 5) is 13.5. The Bertz CT molecular complexity index is 742. The first-order valence-electron chi connectivity index (χ1n) is 7.76. The summed E-state index contributed by atoms with van der Waals surface area (Å²) in [5.41, 5.74) is 0. The van der Waals surface area contributed by atoms with Gasteiger partial charge in [0.05, 0.1) is 13.2 Å². The molecule has 6 nitrogen and oxygen atoms in total. The molecule has 2 aliphatic rings. The van der Waals surface area contributed by atoms with E-state index in [4.69, 9.17) is 0 Å². The van der Waals surface area contributed by atoms with Gasteiger partial charge < -0.3 is 9.64 Å². The van der Waals surface area contributed by atoms with E-state index >= 15 is 0 Å². The Kier molecular flexibility index (Phi) is 5.11. The number of amides is 1. The third kappa shape index (κ3) is 3.69. The molecule has 1 aromatic rings. The van der Waals surface area contributed by atoms with Crippen LogP contribution >= 0.6 is 11.3 Å². The van der Waals surface area contributed by atoms with E-state index in [1.54, 1.807) is 0 Å². The van der Waals surface area contributed by atoms with Crippen LogP contribution in [0.25, 0.3) is 0 Å². The highest BCUT2D eigenvalue weighted by atomic mass is 32.2. The van der Waals surface area contributed by atoms with Crippen molar-refractivity contribution in [2.45, 2.75) is 30.0 Å². The normalized spacial score (nSPS) is 23.2. The molecular weight excluding hydrogens is 381 g/mol.